The number of aliphatic imine (C=N–C) groups is 1. The van der Waals surface area contributed by atoms with E-state index in [1.807, 2.05) is 6.07 Å². The van der Waals surface area contributed by atoms with Gasteiger partial charge in [-0.25, -0.2) is 4.99 Å². The van der Waals surface area contributed by atoms with E-state index < -0.39 is 0 Å². The van der Waals surface area contributed by atoms with Crippen molar-refractivity contribution >= 4 is 17.5 Å². The maximum absolute atomic E-state index is 13.3. The highest BCUT2D eigenvalue weighted by atomic mass is 16.5. The number of ether oxygens (including phenoxy) is 2. The number of hydrogen-bond donors (Lipinski definition) is 4. The first-order valence-electron chi connectivity index (χ1n) is 18.1. The number of carbonyl (C=O) groups excluding carboxylic acids is 2. The van der Waals surface area contributed by atoms with Crippen LogP contribution in [0.4, 0.5) is 0 Å². The van der Waals surface area contributed by atoms with Crippen molar-refractivity contribution in [3.8, 4) is 23.3 Å². The second-order valence-electron chi connectivity index (χ2n) is 14.2. The van der Waals surface area contributed by atoms with Crippen LogP contribution in [-0.2, 0) is 20.7 Å². The summed E-state index contributed by atoms with van der Waals surface area (Å²) in [7, 11) is 1.66. The van der Waals surface area contributed by atoms with Crippen molar-refractivity contribution in [2.45, 2.75) is 134 Å². The van der Waals surface area contributed by atoms with Crippen molar-refractivity contribution in [2.75, 3.05) is 20.3 Å². The second kappa shape index (κ2) is 19.0. The molecule has 2 fully saturated rings. The van der Waals surface area contributed by atoms with Gasteiger partial charge in [0.25, 0.3) is 0 Å². The zero-order valence-corrected chi connectivity index (χ0v) is 29.1. The summed E-state index contributed by atoms with van der Waals surface area (Å²) in [5, 5.41) is 22.0. The molecule has 0 bridgehead atoms. The number of carbonyl (C=O) groups is 2. The highest BCUT2D eigenvalue weighted by molar-refractivity contribution is 5.90. The van der Waals surface area contributed by atoms with Gasteiger partial charge in [0.15, 0.2) is 23.2 Å². The summed E-state index contributed by atoms with van der Waals surface area (Å²) in [6.45, 7) is 1.88. The number of benzene rings is 1. The number of rotatable bonds is 16. The monoisotopic (exact) mass is 663 g/mol. The number of aryl methyl sites for hydroxylation is 1. The van der Waals surface area contributed by atoms with Crippen LogP contribution in [0.3, 0.4) is 0 Å². The average Bonchev–Trinajstić information content (AvgIpc) is 3.77. The van der Waals surface area contributed by atoms with Crippen molar-refractivity contribution < 1.29 is 29.3 Å². The molecule has 0 saturated heterocycles. The van der Waals surface area contributed by atoms with E-state index in [4.69, 9.17) is 20.9 Å². The molecule has 1 aromatic carbocycles. The van der Waals surface area contributed by atoms with Crippen molar-refractivity contribution in [3.63, 3.8) is 0 Å². The number of phenolic OH excluding ortho intramolecular Hbond substituents is 1. The number of aliphatic hydroxyl groups is 1. The number of nitrogens with zero attached hydrogens (tertiary/aromatic N) is 1. The van der Waals surface area contributed by atoms with E-state index in [1.165, 1.54) is 25.7 Å². The Balaban J connectivity index is 1.75. The Morgan fingerprint density at radius 1 is 1.02 bits per heavy atom. The molecule has 9 nitrogen and oxygen atoms in total. The van der Waals surface area contributed by atoms with Gasteiger partial charge in [0.05, 0.1) is 18.8 Å². The molecule has 3 aliphatic carbocycles. The van der Waals surface area contributed by atoms with Crippen molar-refractivity contribution in [2.24, 2.45) is 28.3 Å². The summed E-state index contributed by atoms with van der Waals surface area (Å²) >= 11 is 0. The smallest absolute Gasteiger partial charge is 0.186 e. The average molecular weight is 664 g/mol. The number of Topliss-reactive ketones (excluding diaryl/α,β-unsaturated/α-hetero) is 1. The SMILES string of the molecule is COC[C@@H]1CC[C@@H](N=C(N)N)CC#Cc2c(CCC(=O)/C=C(\CO)CCC3CCCC3)cc(OC3CCCC3)c(O)c2[C@@H]1CCC(C)=O. The van der Waals surface area contributed by atoms with Crippen LogP contribution in [-0.4, -0.2) is 60.2 Å². The quantitative estimate of drug-likeness (QED) is 0.0726. The van der Waals surface area contributed by atoms with Crippen LogP contribution >= 0.6 is 0 Å². The number of guanidine groups is 1. The van der Waals surface area contributed by atoms with E-state index in [1.54, 1.807) is 20.1 Å². The van der Waals surface area contributed by atoms with Gasteiger partial charge in [-0.3, -0.25) is 4.79 Å². The van der Waals surface area contributed by atoms with Gasteiger partial charge in [-0.15, -0.1) is 0 Å². The molecule has 0 spiro atoms. The van der Waals surface area contributed by atoms with Crippen LogP contribution in [0.25, 0.3) is 0 Å². The number of hydrogen-bond acceptors (Lipinski definition) is 7. The zero-order valence-electron chi connectivity index (χ0n) is 29.1. The number of nitrogens with two attached hydrogens (primary N) is 2. The molecule has 1 aromatic rings. The molecular formula is C39H57N3O6. The molecule has 0 aromatic heterocycles. The fourth-order valence-electron chi connectivity index (χ4n) is 7.82. The Hall–Kier alpha value is -3.35. The Labute approximate surface area is 286 Å². The highest BCUT2D eigenvalue weighted by Crippen LogP contribution is 2.46. The van der Waals surface area contributed by atoms with Crippen molar-refractivity contribution in [1.29, 1.82) is 0 Å². The third-order valence-corrected chi connectivity index (χ3v) is 10.4. The minimum atomic E-state index is -0.255. The summed E-state index contributed by atoms with van der Waals surface area (Å²) in [5.74, 6) is 7.53. The first-order valence-corrected chi connectivity index (χ1v) is 18.1. The third kappa shape index (κ3) is 11.1. The van der Waals surface area contributed by atoms with Crippen LogP contribution < -0.4 is 16.2 Å². The molecule has 6 N–H and O–H groups in total. The molecule has 4 rings (SSSR count). The maximum Gasteiger partial charge on any atom is 0.186 e. The van der Waals surface area contributed by atoms with E-state index in [2.05, 4.69) is 16.8 Å². The molecule has 48 heavy (non-hydrogen) atoms. The number of allylic oxidation sites excluding steroid dienone is 1. The molecule has 3 aliphatic rings. The van der Waals surface area contributed by atoms with Crippen LogP contribution in [0.15, 0.2) is 22.7 Å². The zero-order chi connectivity index (χ0) is 34.5. The maximum atomic E-state index is 13.3. The lowest BCUT2D eigenvalue weighted by Gasteiger charge is -2.31. The summed E-state index contributed by atoms with van der Waals surface area (Å²) < 4.78 is 12.2. The van der Waals surface area contributed by atoms with Crippen LogP contribution in [0.2, 0.25) is 0 Å². The molecule has 3 atom stereocenters. The molecule has 264 valence electrons. The number of fused-ring (bicyclic) bond motifs is 1. The normalized spacial score (nSPS) is 22.1. The lowest BCUT2D eigenvalue weighted by molar-refractivity contribution is -0.117. The van der Waals surface area contributed by atoms with Crippen LogP contribution in [0.1, 0.15) is 132 Å². The molecule has 0 amide bonds. The Kier molecular flexibility index (Phi) is 14.8. The van der Waals surface area contributed by atoms with Gasteiger partial charge in [-0.2, -0.15) is 0 Å². The fraction of sp³-hybridized carbons (Fsp3) is 0.667. The van der Waals surface area contributed by atoms with Gasteiger partial charge in [-0.1, -0.05) is 37.5 Å². The molecule has 2 saturated carbocycles. The number of phenols is 1. The van der Waals surface area contributed by atoms with Crippen molar-refractivity contribution in [1.82, 2.24) is 0 Å². The van der Waals surface area contributed by atoms with Gasteiger partial charge < -0.3 is 35.9 Å². The van der Waals surface area contributed by atoms with Gasteiger partial charge >= 0.3 is 0 Å². The molecule has 9 heteroatoms. The molecule has 0 aliphatic heterocycles. The van der Waals surface area contributed by atoms with E-state index in [0.29, 0.717) is 67.9 Å². The van der Waals surface area contributed by atoms with Crippen molar-refractivity contribution in [3.05, 3.63) is 34.4 Å². The number of methoxy groups -OCH3 is 1. The van der Waals surface area contributed by atoms with E-state index in [-0.39, 0.29) is 60.3 Å². The predicted molar refractivity (Wildman–Crippen MR) is 189 cm³/mol. The molecular weight excluding hydrogens is 606 g/mol. The van der Waals surface area contributed by atoms with Gasteiger partial charge in [0.2, 0.25) is 0 Å². The van der Waals surface area contributed by atoms with E-state index in [0.717, 1.165) is 49.7 Å². The van der Waals surface area contributed by atoms with Crippen LogP contribution in [0.5, 0.6) is 11.5 Å². The summed E-state index contributed by atoms with van der Waals surface area (Å²) in [5.41, 5.74) is 14.5. The fourth-order valence-corrected chi connectivity index (χ4v) is 7.82. The van der Waals surface area contributed by atoms with E-state index in [9.17, 15) is 19.8 Å². The van der Waals surface area contributed by atoms with E-state index >= 15 is 0 Å². The summed E-state index contributed by atoms with van der Waals surface area (Å²) in [4.78, 5) is 30.1. The Morgan fingerprint density at radius 3 is 2.42 bits per heavy atom. The predicted octanol–water partition coefficient (Wildman–Crippen LogP) is 6.00. The molecule has 0 heterocycles. The number of aromatic hydroxyl groups is 1. The second-order valence-corrected chi connectivity index (χ2v) is 14.2. The summed E-state index contributed by atoms with van der Waals surface area (Å²) in [6.07, 6.45) is 15.7. The number of ketones is 2. The van der Waals surface area contributed by atoms with Gasteiger partial charge in [0, 0.05) is 44.1 Å². The topological polar surface area (TPSA) is 157 Å². The standard InChI is InChI=1S/C39H57N3O6/c1-26(44)14-21-35-30(25-47-2)17-19-31(42-39(40)41)10-7-13-34-29(23-36(38(46)37(34)35)48-33-11-5-6-12-33)18-20-32(45)22-28(24-43)16-15-27-8-3-4-9-27/h22-23,27,30-31,33,35,43,46H,3-6,8-12,14-21,24-25H2,1-2H3,(H4,40,41,42)/b28-22-/t30-,31-,35+/m0/s1. The molecule has 0 unspecified atom stereocenters. The van der Waals surface area contributed by atoms with Gasteiger partial charge in [-0.05, 0) is 112 Å². The Morgan fingerprint density at radius 2 is 1.75 bits per heavy atom. The number of aliphatic hydroxyl groups excluding tert-OH is 1. The lowest BCUT2D eigenvalue weighted by atomic mass is 9.75. The minimum absolute atomic E-state index is 0.00902. The minimum Gasteiger partial charge on any atom is -0.504 e. The summed E-state index contributed by atoms with van der Waals surface area (Å²) in [6, 6.07) is 1.66. The largest absolute Gasteiger partial charge is 0.504 e. The van der Waals surface area contributed by atoms with Gasteiger partial charge in [0.1, 0.15) is 5.78 Å². The first-order chi connectivity index (χ1) is 23.2. The lowest BCUT2D eigenvalue weighted by Crippen LogP contribution is -2.27. The third-order valence-electron chi connectivity index (χ3n) is 10.4. The first kappa shape index (κ1) is 37.5. The molecule has 0 radical (unpaired) electrons. The highest BCUT2D eigenvalue weighted by Gasteiger charge is 2.33. The Bertz CT molecular complexity index is 1360. The van der Waals surface area contributed by atoms with Crippen LogP contribution in [0, 0.1) is 23.7 Å².